The van der Waals surface area contributed by atoms with Crippen LogP contribution < -0.4 is 10.6 Å². The molecule has 2 saturated heterocycles. The number of thiophene rings is 1. The normalized spacial score (nSPS) is 22.2. The van der Waals surface area contributed by atoms with Gasteiger partial charge < -0.3 is 20.4 Å². The van der Waals surface area contributed by atoms with Gasteiger partial charge in [-0.05, 0) is 55.1 Å². The minimum atomic E-state index is -0.658. The van der Waals surface area contributed by atoms with E-state index in [0.29, 0.717) is 24.3 Å². The maximum absolute atomic E-state index is 13.3. The van der Waals surface area contributed by atoms with Crippen molar-refractivity contribution in [1.82, 2.24) is 15.1 Å². The van der Waals surface area contributed by atoms with E-state index in [9.17, 15) is 14.4 Å². The second-order valence-electron chi connectivity index (χ2n) is 8.05. The average Bonchev–Trinajstić information content (AvgIpc) is 3.30. The van der Waals surface area contributed by atoms with Crippen LogP contribution in [0.2, 0.25) is 0 Å². The molecule has 4 heterocycles. The molecule has 5 rings (SSSR count). The van der Waals surface area contributed by atoms with Gasteiger partial charge in [0, 0.05) is 23.9 Å². The van der Waals surface area contributed by atoms with Gasteiger partial charge in [0.2, 0.25) is 11.8 Å². The minimum absolute atomic E-state index is 0.00731. The molecule has 0 saturated carbocycles. The summed E-state index contributed by atoms with van der Waals surface area (Å²) < 4.78 is 0. The Morgan fingerprint density at radius 1 is 1.10 bits per heavy atom. The Morgan fingerprint density at radius 3 is 2.70 bits per heavy atom. The zero-order valence-electron chi connectivity index (χ0n) is 16.6. The standard InChI is InChI=1S/C22H24N4O3S/c27-20-18-13-25(21(28)14-5-7-23-8-6-14)9-10-26(18)22(29)16-12-15(3-4-17(16)24-20)19-2-1-11-30-19/h1-4,11-12,14,18,23H,5-10,13H2,(H,24,27)/t18-/m1/s1. The Kier molecular flexibility index (Phi) is 5.04. The van der Waals surface area contributed by atoms with Crippen molar-refractivity contribution in [2.45, 2.75) is 18.9 Å². The number of carbonyl (C=O) groups excluding carboxylic acids is 3. The van der Waals surface area contributed by atoms with Crippen molar-refractivity contribution < 1.29 is 14.4 Å². The monoisotopic (exact) mass is 424 g/mol. The smallest absolute Gasteiger partial charge is 0.256 e. The number of piperidine rings is 1. The Balaban J connectivity index is 1.39. The molecule has 2 N–H and O–H groups in total. The molecule has 8 heteroatoms. The highest BCUT2D eigenvalue weighted by Gasteiger charge is 2.41. The number of piperazine rings is 1. The molecule has 30 heavy (non-hydrogen) atoms. The molecule has 0 radical (unpaired) electrons. The molecule has 3 aliphatic rings. The van der Waals surface area contributed by atoms with Crippen LogP contribution in [-0.2, 0) is 9.59 Å². The highest BCUT2D eigenvalue weighted by molar-refractivity contribution is 7.13. The van der Waals surface area contributed by atoms with Gasteiger partial charge in [-0.1, -0.05) is 12.1 Å². The van der Waals surface area contributed by atoms with Crippen molar-refractivity contribution in [3.8, 4) is 10.4 Å². The van der Waals surface area contributed by atoms with E-state index in [-0.39, 0.29) is 30.2 Å². The summed E-state index contributed by atoms with van der Waals surface area (Å²) >= 11 is 1.61. The molecule has 0 aliphatic carbocycles. The first-order chi connectivity index (χ1) is 14.6. The highest BCUT2D eigenvalue weighted by atomic mass is 32.1. The fraction of sp³-hybridized carbons (Fsp3) is 0.409. The molecule has 7 nitrogen and oxygen atoms in total. The first-order valence-corrected chi connectivity index (χ1v) is 11.3. The van der Waals surface area contributed by atoms with Gasteiger partial charge in [0.05, 0.1) is 17.8 Å². The zero-order valence-corrected chi connectivity index (χ0v) is 17.4. The number of hydrogen-bond acceptors (Lipinski definition) is 5. The predicted molar refractivity (Wildman–Crippen MR) is 115 cm³/mol. The van der Waals surface area contributed by atoms with E-state index >= 15 is 0 Å². The lowest BCUT2D eigenvalue weighted by molar-refractivity contribution is -0.140. The number of nitrogens with zero attached hydrogens (tertiary/aromatic N) is 2. The molecule has 0 bridgehead atoms. The summed E-state index contributed by atoms with van der Waals surface area (Å²) in [5.74, 6) is -0.263. The van der Waals surface area contributed by atoms with Crippen LogP contribution in [0.4, 0.5) is 5.69 Å². The van der Waals surface area contributed by atoms with Crippen LogP contribution in [0.1, 0.15) is 23.2 Å². The van der Waals surface area contributed by atoms with Crippen molar-refractivity contribution in [2.75, 3.05) is 38.0 Å². The molecule has 156 valence electrons. The van der Waals surface area contributed by atoms with Crippen molar-refractivity contribution in [2.24, 2.45) is 5.92 Å². The second kappa shape index (κ2) is 7.85. The number of fused-ring (bicyclic) bond motifs is 2. The summed E-state index contributed by atoms with van der Waals surface area (Å²) in [6, 6.07) is 8.92. The molecule has 3 aliphatic heterocycles. The summed E-state index contributed by atoms with van der Waals surface area (Å²) in [5, 5.41) is 8.19. The molecule has 3 amide bonds. The summed E-state index contributed by atoms with van der Waals surface area (Å²) in [6.45, 7) is 2.79. The third-order valence-corrected chi connectivity index (χ3v) is 7.18. The number of nitrogens with one attached hydrogen (secondary N) is 2. The number of rotatable bonds is 2. The average molecular weight is 425 g/mol. The van der Waals surface area contributed by atoms with Gasteiger partial charge in [-0.25, -0.2) is 0 Å². The molecule has 1 atom stereocenters. The molecule has 1 aromatic heterocycles. The molecular formula is C22H24N4O3S. The lowest BCUT2D eigenvalue weighted by Crippen LogP contribution is -2.60. The van der Waals surface area contributed by atoms with Crippen molar-refractivity contribution >= 4 is 34.7 Å². The van der Waals surface area contributed by atoms with Crippen LogP contribution in [0.5, 0.6) is 0 Å². The SMILES string of the molecule is O=C1Nc2ccc(-c3cccs3)cc2C(=O)N2CCN(C(=O)C3CCNCC3)C[C@H]12. The Bertz CT molecular complexity index is 984. The molecule has 1 aromatic carbocycles. The van der Waals surface area contributed by atoms with Crippen LogP contribution in [0, 0.1) is 5.92 Å². The van der Waals surface area contributed by atoms with Gasteiger partial charge in [0.15, 0.2) is 0 Å². The quantitative estimate of drug-likeness (QED) is 0.773. The summed E-state index contributed by atoms with van der Waals surface area (Å²) in [4.78, 5) is 43.8. The molecular weight excluding hydrogens is 400 g/mol. The predicted octanol–water partition coefficient (Wildman–Crippen LogP) is 2.02. The van der Waals surface area contributed by atoms with Gasteiger partial charge in [-0.2, -0.15) is 0 Å². The van der Waals surface area contributed by atoms with E-state index in [2.05, 4.69) is 10.6 Å². The van der Waals surface area contributed by atoms with Crippen molar-refractivity contribution in [3.05, 3.63) is 41.3 Å². The topological polar surface area (TPSA) is 81.8 Å². The van der Waals surface area contributed by atoms with Crippen LogP contribution in [-0.4, -0.2) is 66.3 Å². The Hall–Kier alpha value is -2.71. The summed E-state index contributed by atoms with van der Waals surface area (Å²) in [6.07, 6.45) is 1.65. The highest BCUT2D eigenvalue weighted by Crippen LogP contribution is 2.32. The fourth-order valence-corrected chi connectivity index (χ4v) is 5.30. The Morgan fingerprint density at radius 2 is 1.93 bits per heavy atom. The number of anilines is 1. The number of amides is 3. The van der Waals surface area contributed by atoms with Crippen LogP contribution >= 0.6 is 11.3 Å². The second-order valence-corrected chi connectivity index (χ2v) is 9.00. The lowest BCUT2D eigenvalue weighted by atomic mass is 9.95. The van der Waals surface area contributed by atoms with E-state index in [1.807, 2.05) is 29.6 Å². The van der Waals surface area contributed by atoms with E-state index in [4.69, 9.17) is 0 Å². The largest absolute Gasteiger partial charge is 0.338 e. The van der Waals surface area contributed by atoms with Crippen LogP contribution in [0.15, 0.2) is 35.7 Å². The van der Waals surface area contributed by atoms with Crippen LogP contribution in [0.3, 0.4) is 0 Å². The van der Waals surface area contributed by atoms with Gasteiger partial charge in [-0.15, -0.1) is 11.3 Å². The number of benzene rings is 1. The molecule has 0 spiro atoms. The third kappa shape index (κ3) is 3.40. The van der Waals surface area contributed by atoms with E-state index in [1.54, 1.807) is 27.2 Å². The molecule has 0 unspecified atom stereocenters. The summed E-state index contributed by atoms with van der Waals surface area (Å²) in [5.41, 5.74) is 2.01. The van der Waals surface area contributed by atoms with E-state index in [1.165, 1.54) is 0 Å². The lowest BCUT2D eigenvalue weighted by Gasteiger charge is -2.41. The third-order valence-electron chi connectivity index (χ3n) is 6.26. The number of carbonyl (C=O) groups is 3. The minimum Gasteiger partial charge on any atom is -0.338 e. The molecule has 2 fully saturated rings. The zero-order chi connectivity index (χ0) is 20.7. The fourth-order valence-electron chi connectivity index (χ4n) is 4.57. The van der Waals surface area contributed by atoms with E-state index in [0.717, 1.165) is 36.4 Å². The van der Waals surface area contributed by atoms with Crippen LogP contribution in [0.25, 0.3) is 10.4 Å². The maximum Gasteiger partial charge on any atom is 0.256 e. The van der Waals surface area contributed by atoms with Gasteiger partial charge in [0.1, 0.15) is 6.04 Å². The van der Waals surface area contributed by atoms with Gasteiger partial charge in [0.25, 0.3) is 5.91 Å². The first-order valence-electron chi connectivity index (χ1n) is 10.4. The van der Waals surface area contributed by atoms with Gasteiger partial charge >= 0.3 is 0 Å². The maximum atomic E-state index is 13.3. The van der Waals surface area contributed by atoms with Gasteiger partial charge in [-0.3, -0.25) is 14.4 Å². The van der Waals surface area contributed by atoms with Crippen molar-refractivity contribution in [1.29, 1.82) is 0 Å². The summed E-state index contributed by atoms with van der Waals surface area (Å²) in [7, 11) is 0. The van der Waals surface area contributed by atoms with Crippen molar-refractivity contribution in [3.63, 3.8) is 0 Å². The molecule has 2 aromatic rings. The number of hydrogen-bond donors (Lipinski definition) is 2. The first kappa shape index (κ1) is 19.3. The van der Waals surface area contributed by atoms with E-state index < -0.39 is 6.04 Å². The Labute approximate surface area is 179 Å².